The molecule has 2 heteroatoms. The second-order valence-electron chi connectivity index (χ2n) is 4.08. The number of carbonyl (C=O) groups is 1. The van der Waals surface area contributed by atoms with Gasteiger partial charge in [-0.15, -0.1) is 0 Å². The van der Waals surface area contributed by atoms with Crippen LogP contribution in [0.3, 0.4) is 0 Å². The zero-order valence-electron chi connectivity index (χ0n) is 10.1. The van der Waals surface area contributed by atoms with E-state index in [1.807, 2.05) is 38.1 Å². The van der Waals surface area contributed by atoms with Crippen LogP contribution in [0, 0.1) is 0 Å². The molecule has 0 fully saturated rings. The van der Waals surface area contributed by atoms with Crippen LogP contribution in [0.5, 0.6) is 0 Å². The molecule has 0 amide bonds. The van der Waals surface area contributed by atoms with Crippen LogP contribution in [0.25, 0.3) is 10.8 Å². The van der Waals surface area contributed by atoms with Crippen molar-refractivity contribution in [2.45, 2.75) is 19.8 Å². The summed E-state index contributed by atoms with van der Waals surface area (Å²) in [4.78, 5) is 11.7. The largest absolute Gasteiger partial charge is 0.466 e. The molecule has 0 bridgehead atoms. The average molecular weight is 228 g/mol. The number of ether oxygens (including phenoxy) is 1. The van der Waals surface area contributed by atoms with Crippen LogP contribution < -0.4 is 0 Å². The Hall–Kier alpha value is -1.83. The lowest BCUT2D eigenvalue weighted by Gasteiger charge is -2.11. The van der Waals surface area contributed by atoms with Gasteiger partial charge in [-0.3, -0.25) is 4.79 Å². The second-order valence-corrected chi connectivity index (χ2v) is 4.08. The zero-order chi connectivity index (χ0) is 12.3. The first-order valence-electron chi connectivity index (χ1n) is 5.87. The van der Waals surface area contributed by atoms with E-state index in [2.05, 4.69) is 18.2 Å². The van der Waals surface area contributed by atoms with E-state index in [1.165, 1.54) is 5.39 Å². The van der Waals surface area contributed by atoms with Crippen LogP contribution in [0.1, 0.15) is 25.3 Å². The minimum atomic E-state index is -0.209. The number of hydrogen-bond donors (Lipinski definition) is 0. The van der Waals surface area contributed by atoms with E-state index in [1.54, 1.807) is 0 Å². The normalized spacial score (nSPS) is 12.4. The van der Waals surface area contributed by atoms with E-state index in [0.717, 1.165) is 10.9 Å². The molecule has 0 aromatic heterocycles. The van der Waals surface area contributed by atoms with Gasteiger partial charge in [-0.25, -0.2) is 0 Å². The molecule has 0 aliphatic rings. The average Bonchev–Trinajstić information content (AvgIpc) is 2.37. The summed E-state index contributed by atoms with van der Waals surface area (Å²) in [6.07, 6.45) is 0. The monoisotopic (exact) mass is 228 g/mol. The Morgan fingerprint density at radius 3 is 2.59 bits per heavy atom. The Balaban J connectivity index is 2.32. The Morgan fingerprint density at radius 1 is 1.18 bits per heavy atom. The predicted octanol–water partition coefficient (Wildman–Crippen LogP) is 3.51. The lowest BCUT2D eigenvalue weighted by Crippen LogP contribution is -2.12. The molecular weight excluding hydrogens is 212 g/mol. The van der Waals surface area contributed by atoms with Gasteiger partial charge in [0.2, 0.25) is 0 Å². The van der Waals surface area contributed by atoms with Crippen molar-refractivity contribution < 1.29 is 9.53 Å². The molecule has 17 heavy (non-hydrogen) atoms. The number of benzene rings is 2. The molecule has 2 nitrogen and oxygen atoms in total. The van der Waals surface area contributed by atoms with Crippen LogP contribution in [0.15, 0.2) is 42.5 Å². The van der Waals surface area contributed by atoms with Crippen LogP contribution >= 0.6 is 0 Å². The molecule has 2 aromatic carbocycles. The van der Waals surface area contributed by atoms with Gasteiger partial charge in [-0.05, 0) is 30.2 Å². The highest BCUT2D eigenvalue weighted by atomic mass is 16.5. The quantitative estimate of drug-likeness (QED) is 0.751. The third-order valence-electron chi connectivity index (χ3n) is 2.91. The fraction of sp³-hybridized carbons (Fsp3) is 0.267. The maximum absolute atomic E-state index is 11.7. The summed E-state index contributed by atoms with van der Waals surface area (Å²) < 4.78 is 5.03. The van der Waals surface area contributed by atoms with Gasteiger partial charge in [0.1, 0.15) is 0 Å². The maximum Gasteiger partial charge on any atom is 0.313 e. The molecule has 0 aliphatic heterocycles. The van der Waals surface area contributed by atoms with Crippen molar-refractivity contribution in [1.29, 1.82) is 0 Å². The standard InChI is InChI=1S/C15H16O2/c1-3-17-15(16)11(2)13-9-8-12-6-4-5-7-14(12)10-13/h4-11H,3H2,1-2H3. The van der Waals surface area contributed by atoms with Crippen LogP contribution in [-0.2, 0) is 9.53 Å². The zero-order valence-corrected chi connectivity index (χ0v) is 10.1. The topological polar surface area (TPSA) is 26.3 Å². The Morgan fingerprint density at radius 2 is 1.88 bits per heavy atom. The van der Waals surface area contributed by atoms with Crippen LogP contribution in [0.2, 0.25) is 0 Å². The SMILES string of the molecule is CCOC(=O)C(C)c1ccc2ccccc2c1. The van der Waals surface area contributed by atoms with Crippen LogP contribution in [0.4, 0.5) is 0 Å². The first-order valence-corrected chi connectivity index (χ1v) is 5.87. The van der Waals surface area contributed by atoms with Crippen molar-refractivity contribution in [2.24, 2.45) is 0 Å². The highest BCUT2D eigenvalue weighted by Crippen LogP contribution is 2.22. The molecule has 0 radical (unpaired) electrons. The maximum atomic E-state index is 11.7. The van der Waals surface area contributed by atoms with Gasteiger partial charge >= 0.3 is 5.97 Å². The van der Waals surface area contributed by atoms with Gasteiger partial charge in [0.25, 0.3) is 0 Å². The molecule has 1 atom stereocenters. The summed E-state index contributed by atoms with van der Waals surface area (Å²) in [5, 5.41) is 2.34. The highest BCUT2D eigenvalue weighted by molar-refractivity contribution is 5.85. The number of hydrogen-bond acceptors (Lipinski definition) is 2. The lowest BCUT2D eigenvalue weighted by atomic mass is 9.98. The van der Waals surface area contributed by atoms with Crippen molar-refractivity contribution in [1.82, 2.24) is 0 Å². The smallest absolute Gasteiger partial charge is 0.313 e. The molecule has 0 saturated carbocycles. The molecule has 88 valence electrons. The molecule has 0 saturated heterocycles. The molecular formula is C15H16O2. The molecule has 1 unspecified atom stereocenters. The Kier molecular flexibility index (Phi) is 3.43. The summed E-state index contributed by atoms with van der Waals surface area (Å²) >= 11 is 0. The van der Waals surface area contributed by atoms with Gasteiger partial charge in [0.05, 0.1) is 12.5 Å². The van der Waals surface area contributed by atoms with E-state index >= 15 is 0 Å². The van der Waals surface area contributed by atoms with Gasteiger partial charge in [0, 0.05) is 0 Å². The third-order valence-corrected chi connectivity index (χ3v) is 2.91. The second kappa shape index (κ2) is 5.00. The van der Waals surface area contributed by atoms with E-state index in [0.29, 0.717) is 6.61 Å². The molecule has 0 spiro atoms. The number of esters is 1. The fourth-order valence-electron chi connectivity index (χ4n) is 1.88. The van der Waals surface area contributed by atoms with Crippen molar-refractivity contribution in [3.05, 3.63) is 48.0 Å². The predicted molar refractivity (Wildman–Crippen MR) is 69.0 cm³/mol. The lowest BCUT2D eigenvalue weighted by molar-refractivity contribution is -0.144. The van der Waals surface area contributed by atoms with Crippen molar-refractivity contribution in [3.8, 4) is 0 Å². The Bertz CT molecular complexity index is 531. The Labute approximate surface area is 101 Å². The molecule has 0 aliphatic carbocycles. The molecule has 0 heterocycles. The van der Waals surface area contributed by atoms with Crippen LogP contribution in [-0.4, -0.2) is 12.6 Å². The van der Waals surface area contributed by atoms with E-state index in [4.69, 9.17) is 4.74 Å². The summed E-state index contributed by atoms with van der Waals surface area (Å²) in [5.41, 5.74) is 1.00. The van der Waals surface area contributed by atoms with Gasteiger partial charge in [0.15, 0.2) is 0 Å². The summed E-state index contributed by atoms with van der Waals surface area (Å²) in [7, 11) is 0. The first kappa shape index (κ1) is 11.6. The summed E-state index contributed by atoms with van der Waals surface area (Å²) in [6, 6.07) is 14.2. The van der Waals surface area contributed by atoms with Crippen molar-refractivity contribution in [2.75, 3.05) is 6.61 Å². The number of fused-ring (bicyclic) bond motifs is 1. The molecule has 2 aromatic rings. The van der Waals surface area contributed by atoms with Gasteiger partial charge in [-0.1, -0.05) is 42.5 Å². The van der Waals surface area contributed by atoms with Gasteiger partial charge in [-0.2, -0.15) is 0 Å². The van der Waals surface area contributed by atoms with E-state index < -0.39 is 0 Å². The number of carbonyl (C=O) groups excluding carboxylic acids is 1. The number of rotatable bonds is 3. The minimum absolute atomic E-state index is 0.164. The highest BCUT2D eigenvalue weighted by Gasteiger charge is 2.16. The van der Waals surface area contributed by atoms with Crippen molar-refractivity contribution in [3.63, 3.8) is 0 Å². The van der Waals surface area contributed by atoms with Gasteiger partial charge < -0.3 is 4.74 Å². The summed E-state index contributed by atoms with van der Waals surface area (Å²) in [5.74, 6) is -0.373. The van der Waals surface area contributed by atoms with Crippen molar-refractivity contribution >= 4 is 16.7 Å². The van der Waals surface area contributed by atoms with E-state index in [9.17, 15) is 4.79 Å². The molecule has 0 N–H and O–H groups in total. The fourth-order valence-corrected chi connectivity index (χ4v) is 1.88. The first-order chi connectivity index (χ1) is 8.22. The van der Waals surface area contributed by atoms with E-state index in [-0.39, 0.29) is 11.9 Å². The molecule has 2 rings (SSSR count). The third kappa shape index (κ3) is 2.47. The summed E-state index contributed by atoms with van der Waals surface area (Å²) in [6.45, 7) is 4.13. The minimum Gasteiger partial charge on any atom is -0.466 e.